The quantitative estimate of drug-likeness (QED) is 0.700. The van der Waals surface area contributed by atoms with E-state index in [1.165, 1.54) is 0 Å². The molecule has 0 aliphatic rings. The van der Waals surface area contributed by atoms with Gasteiger partial charge < -0.3 is 12.7 Å². The zero-order chi connectivity index (χ0) is 12.3. The van der Waals surface area contributed by atoms with Crippen LogP contribution in [0.25, 0.3) is 0 Å². The van der Waals surface area contributed by atoms with Gasteiger partial charge in [0.25, 0.3) is 0 Å². The van der Waals surface area contributed by atoms with Gasteiger partial charge in [-0.3, -0.25) is 0 Å². The fourth-order valence-electron chi connectivity index (χ4n) is 1.32. The molecule has 0 aliphatic carbocycles. The zero-order valence-electron chi connectivity index (χ0n) is 11.2. The van der Waals surface area contributed by atoms with Gasteiger partial charge in [0.05, 0.1) is 9.04 Å². The lowest BCUT2D eigenvalue weighted by Gasteiger charge is -2.37. The van der Waals surface area contributed by atoms with Gasteiger partial charge in [0.15, 0.2) is 7.83 Å². The van der Waals surface area contributed by atoms with Crippen LogP contribution >= 0.6 is 0 Å². The third-order valence-electron chi connectivity index (χ3n) is 2.09. The third kappa shape index (κ3) is 6.82. The average molecular weight is 281 g/mol. The van der Waals surface area contributed by atoms with Gasteiger partial charge in [0.1, 0.15) is 0 Å². The Balaban J connectivity index is 4.43. The second kappa shape index (κ2) is 5.39. The Labute approximate surface area is 99.8 Å². The highest BCUT2D eigenvalue weighted by atomic mass is 29.2. The van der Waals surface area contributed by atoms with Crippen LogP contribution < -0.4 is 0 Å². The van der Waals surface area contributed by atoms with E-state index >= 15 is 0 Å². The minimum Gasteiger partial charge on any atom is -0.440 e. The summed E-state index contributed by atoms with van der Waals surface area (Å²) < 4.78 is 17.7. The van der Waals surface area contributed by atoms with Crippen LogP contribution in [0.2, 0.25) is 45.8 Å². The van der Waals surface area contributed by atoms with E-state index in [0.29, 0.717) is 0 Å². The van der Waals surface area contributed by atoms with Crippen molar-refractivity contribution in [3.63, 3.8) is 0 Å². The summed E-state index contributed by atoms with van der Waals surface area (Å²) in [5, 5.41) is 0. The maximum Gasteiger partial charge on any atom is 0.322 e. The maximum atomic E-state index is 6.23. The molecule has 2 radical (unpaired) electrons. The Bertz CT molecular complexity index is 186. The van der Waals surface area contributed by atoms with Crippen molar-refractivity contribution in [3.8, 4) is 0 Å². The van der Waals surface area contributed by atoms with E-state index in [9.17, 15) is 0 Å². The van der Waals surface area contributed by atoms with Crippen LogP contribution in [-0.2, 0) is 12.7 Å². The van der Waals surface area contributed by atoms with Gasteiger partial charge in [-0.2, -0.15) is 0 Å². The first-order valence-corrected chi connectivity index (χ1v) is 16.2. The van der Waals surface area contributed by atoms with Crippen LogP contribution in [0.15, 0.2) is 0 Å². The Kier molecular flexibility index (Phi) is 5.65. The van der Waals surface area contributed by atoms with E-state index in [0.717, 1.165) is 9.04 Å². The number of hydrogen-bond donors (Lipinski definition) is 0. The molecule has 0 N–H and O–H groups in total. The lowest BCUT2D eigenvalue weighted by atomic mass is 11.8. The van der Waals surface area contributed by atoms with Gasteiger partial charge in [-0.1, -0.05) is 6.55 Å². The van der Waals surface area contributed by atoms with Gasteiger partial charge in [-0.05, 0) is 39.3 Å². The normalized spacial score (nSPS) is 14.4. The van der Waals surface area contributed by atoms with E-state index in [4.69, 9.17) is 12.7 Å². The van der Waals surface area contributed by atoms with Gasteiger partial charge in [-0.15, -0.1) is 0 Å². The molecule has 0 aromatic rings. The Morgan fingerprint density at radius 3 is 1.60 bits per heavy atom. The molecule has 0 saturated heterocycles. The second-order valence-electron chi connectivity index (χ2n) is 4.97. The number of rotatable bonds is 6. The van der Waals surface area contributed by atoms with Crippen LogP contribution in [-0.4, -0.2) is 41.1 Å². The summed E-state index contributed by atoms with van der Waals surface area (Å²) in [4.78, 5) is 0. The van der Waals surface area contributed by atoms with Crippen LogP contribution in [0.1, 0.15) is 0 Å². The van der Waals surface area contributed by atoms with Gasteiger partial charge in [0, 0.05) is 7.11 Å². The van der Waals surface area contributed by atoms with E-state index in [1.54, 1.807) is 7.11 Å². The first kappa shape index (κ1) is 15.7. The molecule has 0 aliphatic heterocycles. The molecule has 0 atom stereocenters. The SMILES string of the molecule is CO[Si](C)(C)O[Si](C)(C)O[Si](C)(C)[Si]C. The lowest BCUT2D eigenvalue weighted by Crippen LogP contribution is -2.54. The minimum absolute atomic E-state index is 0.891. The molecule has 0 bridgehead atoms. The summed E-state index contributed by atoms with van der Waals surface area (Å²) >= 11 is 0. The Morgan fingerprint density at radius 1 is 0.800 bits per heavy atom. The van der Waals surface area contributed by atoms with Crippen molar-refractivity contribution in [1.82, 2.24) is 0 Å². The van der Waals surface area contributed by atoms with Crippen molar-refractivity contribution < 1.29 is 12.7 Å². The van der Waals surface area contributed by atoms with Crippen LogP contribution in [0.5, 0.6) is 0 Å². The number of hydrogen-bond acceptors (Lipinski definition) is 3. The summed E-state index contributed by atoms with van der Waals surface area (Å²) in [6.07, 6.45) is 0. The molecule has 0 rings (SSSR count). The first-order valence-electron chi connectivity index (χ1n) is 5.18. The smallest absolute Gasteiger partial charge is 0.322 e. The van der Waals surface area contributed by atoms with Crippen molar-refractivity contribution in [3.05, 3.63) is 0 Å². The molecule has 0 saturated carbocycles. The molecule has 0 heterocycles. The standard InChI is InChI=1S/C8H24O3Si4/c1-9-13(3,4)10-14(5,6)11-15(7,8)12-2/h1-8H3. The third-order valence-corrected chi connectivity index (χ3v) is 16.7. The van der Waals surface area contributed by atoms with Crippen LogP contribution in [0, 0.1) is 0 Å². The van der Waals surface area contributed by atoms with Gasteiger partial charge in [-0.25, -0.2) is 0 Å². The molecule has 0 spiro atoms. The predicted octanol–water partition coefficient (Wildman–Crippen LogP) is 2.52. The second-order valence-corrected chi connectivity index (χ2v) is 21.2. The first-order chi connectivity index (χ1) is 6.54. The van der Waals surface area contributed by atoms with Crippen LogP contribution in [0.3, 0.4) is 0 Å². The molecule has 15 heavy (non-hydrogen) atoms. The molecular formula is C8H24O3Si4. The highest BCUT2D eigenvalue weighted by molar-refractivity contribution is 7.21. The van der Waals surface area contributed by atoms with E-state index < -0.39 is 25.0 Å². The summed E-state index contributed by atoms with van der Waals surface area (Å²) in [5.74, 6) is 0. The molecule has 0 unspecified atom stereocenters. The van der Waals surface area contributed by atoms with Crippen molar-refractivity contribution in [2.24, 2.45) is 0 Å². The summed E-state index contributed by atoms with van der Waals surface area (Å²) in [5.41, 5.74) is 0. The molecule has 0 fully saturated rings. The maximum absolute atomic E-state index is 6.23. The molecule has 0 aromatic heterocycles. The fourth-order valence-corrected chi connectivity index (χ4v) is 15.4. The van der Waals surface area contributed by atoms with E-state index in [1.807, 2.05) is 0 Å². The zero-order valence-corrected chi connectivity index (χ0v) is 15.2. The van der Waals surface area contributed by atoms with Crippen LogP contribution in [0.4, 0.5) is 0 Å². The van der Waals surface area contributed by atoms with Crippen molar-refractivity contribution >= 4 is 34.0 Å². The Hall–Kier alpha value is 0.748. The summed E-state index contributed by atoms with van der Waals surface area (Å²) in [6.45, 7) is 15.1. The lowest BCUT2D eigenvalue weighted by molar-refractivity contribution is 0.281. The molecule has 0 aromatic carbocycles. The van der Waals surface area contributed by atoms with Crippen molar-refractivity contribution in [2.45, 2.75) is 45.8 Å². The highest BCUT2D eigenvalue weighted by Gasteiger charge is 2.39. The van der Waals surface area contributed by atoms with Crippen molar-refractivity contribution in [2.75, 3.05) is 7.11 Å². The predicted molar refractivity (Wildman–Crippen MR) is 73.2 cm³/mol. The van der Waals surface area contributed by atoms with E-state index in [2.05, 4.69) is 45.8 Å². The largest absolute Gasteiger partial charge is 0.440 e. The molecule has 3 nitrogen and oxygen atoms in total. The monoisotopic (exact) mass is 280 g/mol. The minimum atomic E-state index is -2.01. The van der Waals surface area contributed by atoms with Gasteiger partial charge >= 0.3 is 17.1 Å². The Morgan fingerprint density at radius 2 is 1.27 bits per heavy atom. The van der Waals surface area contributed by atoms with E-state index in [-0.39, 0.29) is 0 Å². The average Bonchev–Trinajstić information content (AvgIpc) is 2.00. The summed E-state index contributed by atoms with van der Waals surface area (Å²) in [7, 11) is -2.85. The summed E-state index contributed by atoms with van der Waals surface area (Å²) in [6, 6.07) is 0. The van der Waals surface area contributed by atoms with Crippen molar-refractivity contribution in [1.29, 1.82) is 0 Å². The highest BCUT2D eigenvalue weighted by Crippen LogP contribution is 2.20. The molecule has 0 amide bonds. The van der Waals surface area contributed by atoms with Gasteiger partial charge in [0.2, 0.25) is 0 Å². The molecule has 90 valence electrons. The topological polar surface area (TPSA) is 27.7 Å². The molecule has 7 heteroatoms. The fraction of sp³-hybridized carbons (Fsp3) is 1.00. The molecular weight excluding hydrogens is 256 g/mol.